The Morgan fingerprint density at radius 3 is 2.50 bits per heavy atom. The third-order valence-corrected chi connectivity index (χ3v) is 8.92. The number of rotatable bonds is 15. The van der Waals surface area contributed by atoms with E-state index in [1.165, 1.54) is 0 Å². The third kappa shape index (κ3) is 9.19. The van der Waals surface area contributed by atoms with Gasteiger partial charge in [0.25, 0.3) is 5.88 Å². The van der Waals surface area contributed by atoms with E-state index in [1.54, 1.807) is 29.5 Å². The Morgan fingerprint density at radius 1 is 1.00 bits per heavy atom. The molecule has 0 bridgehead atoms. The fourth-order valence-corrected chi connectivity index (χ4v) is 6.31. The number of anilines is 2. The number of hydrogen-bond acceptors (Lipinski definition) is 12. The van der Waals surface area contributed by atoms with Gasteiger partial charge in [-0.25, -0.2) is 14.6 Å². The zero-order chi connectivity index (χ0) is 33.3. The molecule has 2 fully saturated rings. The lowest BCUT2D eigenvalue weighted by atomic mass is 9.90. The molecule has 0 spiro atoms. The van der Waals surface area contributed by atoms with Crippen LogP contribution in [0, 0.1) is 0 Å². The SMILES string of the molecule is CC(C)OCCCOc1nn([C@H]2CC[C@H](N3CCOCC3)CC2)cc1Nc1ncc(-c2ccc(Cl)c(O[C@@H](C)Cn3cnnn3)c2)cn1. The first-order valence-corrected chi connectivity index (χ1v) is 17.2. The monoisotopic (exact) mass is 680 g/mol. The highest BCUT2D eigenvalue weighted by molar-refractivity contribution is 6.32. The Hall–Kier alpha value is -3.85. The number of aromatic nitrogens is 8. The number of morpholine rings is 1. The van der Waals surface area contributed by atoms with Crippen LogP contribution in [0.1, 0.15) is 58.9 Å². The van der Waals surface area contributed by atoms with E-state index in [-0.39, 0.29) is 12.2 Å². The molecule has 258 valence electrons. The van der Waals surface area contributed by atoms with Gasteiger partial charge in [0.05, 0.1) is 56.3 Å². The first kappa shape index (κ1) is 34.0. The van der Waals surface area contributed by atoms with Crippen LogP contribution in [0.4, 0.5) is 11.6 Å². The Balaban J connectivity index is 1.11. The molecule has 15 heteroatoms. The second kappa shape index (κ2) is 16.5. The van der Waals surface area contributed by atoms with Crippen molar-refractivity contribution >= 4 is 23.2 Å². The van der Waals surface area contributed by atoms with Crippen LogP contribution in [0.15, 0.2) is 43.1 Å². The van der Waals surface area contributed by atoms with Crippen LogP contribution in [0.25, 0.3) is 11.1 Å². The maximum absolute atomic E-state index is 6.46. The number of benzene rings is 1. The summed E-state index contributed by atoms with van der Waals surface area (Å²) in [6, 6.07) is 6.53. The fourth-order valence-electron chi connectivity index (χ4n) is 6.15. The maximum atomic E-state index is 6.46. The van der Waals surface area contributed by atoms with Crippen molar-refractivity contribution in [2.45, 2.75) is 83.7 Å². The highest BCUT2D eigenvalue weighted by Gasteiger charge is 2.29. The molecule has 4 heterocycles. The molecule has 0 amide bonds. The summed E-state index contributed by atoms with van der Waals surface area (Å²) in [5.41, 5.74) is 2.44. The first-order chi connectivity index (χ1) is 23.4. The smallest absolute Gasteiger partial charge is 0.256 e. The van der Waals surface area contributed by atoms with Crippen LogP contribution in [-0.2, 0) is 16.0 Å². The number of ether oxygens (including phenoxy) is 4. The van der Waals surface area contributed by atoms with Crippen LogP contribution in [0.5, 0.6) is 11.6 Å². The molecule has 1 N–H and O–H groups in total. The lowest BCUT2D eigenvalue weighted by Gasteiger charge is -2.38. The van der Waals surface area contributed by atoms with Crippen molar-refractivity contribution in [1.82, 2.24) is 44.9 Å². The molecule has 14 nitrogen and oxygen atoms in total. The Morgan fingerprint density at radius 2 is 1.77 bits per heavy atom. The third-order valence-electron chi connectivity index (χ3n) is 8.61. The van der Waals surface area contributed by atoms with E-state index < -0.39 is 0 Å². The highest BCUT2D eigenvalue weighted by atomic mass is 35.5. The molecule has 1 saturated carbocycles. The van der Waals surface area contributed by atoms with Crippen molar-refractivity contribution in [3.05, 3.63) is 48.1 Å². The van der Waals surface area contributed by atoms with Gasteiger partial charge in [0.1, 0.15) is 23.9 Å². The average Bonchev–Trinajstić information content (AvgIpc) is 3.76. The fraction of sp³-hybridized carbons (Fsp3) is 0.576. The molecule has 48 heavy (non-hydrogen) atoms. The predicted octanol–water partition coefficient (Wildman–Crippen LogP) is 5.20. The van der Waals surface area contributed by atoms with Gasteiger partial charge in [-0.2, -0.15) is 0 Å². The molecule has 0 radical (unpaired) electrons. The van der Waals surface area contributed by atoms with E-state index in [2.05, 4.69) is 40.4 Å². The standard InChI is InChI=1S/C33H45ClN10O4/c1-23(2)46-13-4-14-47-32-30(21-44(39-32)28-8-6-27(7-9-28)42-11-15-45-16-12-42)38-33-35-18-26(19-36-33)25-5-10-29(34)31(17-25)48-24(3)20-43-22-37-40-41-43/h5,10,17-19,21-24,27-28H,4,6-9,11-16,20H2,1-3H3,(H,35,36,38)/t24-,27-,28-/m0/s1. The van der Waals surface area contributed by atoms with Crippen LogP contribution in [0.3, 0.4) is 0 Å². The summed E-state index contributed by atoms with van der Waals surface area (Å²) < 4.78 is 27.2. The van der Waals surface area contributed by atoms with Crippen LogP contribution in [0.2, 0.25) is 5.02 Å². The maximum Gasteiger partial charge on any atom is 0.256 e. The number of hydrogen-bond donors (Lipinski definition) is 1. The van der Waals surface area contributed by atoms with E-state index >= 15 is 0 Å². The molecule has 1 atom stereocenters. The molecule has 1 saturated heterocycles. The molecule has 1 aliphatic carbocycles. The predicted molar refractivity (Wildman–Crippen MR) is 181 cm³/mol. The number of nitrogens with zero attached hydrogens (tertiary/aromatic N) is 9. The minimum atomic E-state index is -0.205. The lowest BCUT2D eigenvalue weighted by Crippen LogP contribution is -2.45. The summed E-state index contributed by atoms with van der Waals surface area (Å²) in [6.45, 7) is 11.3. The minimum absolute atomic E-state index is 0.188. The van der Waals surface area contributed by atoms with Gasteiger partial charge in [-0.3, -0.25) is 9.58 Å². The van der Waals surface area contributed by atoms with Crippen LogP contribution in [-0.4, -0.2) is 103 Å². The Bertz CT molecular complexity index is 1560. The topological polar surface area (TPSA) is 139 Å². The van der Waals surface area contributed by atoms with Gasteiger partial charge in [-0.1, -0.05) is 17.7 Å². The van der Waals surface area contributed by atoms with E-state index in [0.717, 1.165) is 75.2 Å². The van der Waals surface area contributed by atoms with Gasteiger partial charge in [-0.05, 0) is 74.6 Å². The molecular weight excluding hydrogens is 636 g/mol. The first-order valence-electron chi connectivity index (χ1n) is 16.8. The lowest BCUT2D eigenvalue weighted by molar-refractivity contribution is 0.00502. The van der Waals surface area contributed by atoms with Crippen molar-refractivity contribution in [2.24, 2.45) is 0 Å². The van der Waals surface area contributed by atoms with E-state index in [4.69, 9.17) is 35.6 Å². The van der Waals surface area contributed by atoms with Gasteiger partial charge in [0, 0.05) is 43.5 Å². The second-order valence-electron chi connectivity index (χ2n) is 12.6. The van der Waals surface area contributed by atoms with Crippen molar-refractivity contribution in [3.63, 3.8) is 0 Å². The Kier molecular flexibility index (Phi) is 11.7. The summed E-state index contributed by atoms with van der Waals surface area (Å²) in [5.74, 6) is 1.55. The van der Waals surface area contributed by atoms with Gasteiger partial charge in [-0.15, -0.1) is 10.2 Å². The summed E-state index contributed by atoms with van der Waals surface area (Å²) in [4.78, 5) is 11.8. The van der Waals surface area contributed by atoms with Gasteiger partial charge in [0.15, 0.2) is 0 Å². The summed E-state index contributed by atoms with van der Waals surface area (Å²) in [6.07, 6.45) is 12.3. The zero-order valence-corrected chi connectivity index (χ0v) is 28.6. The van der Waals surface area contributed by atoms with Gasteiger partial charge >= 0.3 is 0 Å². The van der Waals surface area contributed by atoms with Crippen LogP contribution >= 0.6 is 11.6 Å². The Labute approximate surface area is 286 Å². The molecule has 3 aromatic heterocycles. The summed E-state index contributed by atoms with van der Waals surface area (Å²) in [5, 5.41) is 20.0. The summed E-state index contributed by atoms with van der Waals surface area (Å²) in [7, 11) is 0. The van der Waals surface area contributed by atoms with E-state index in [0.29, 0.717) is 54.4 Å². The number of halogens is 1. The molecule has 0 unspecified atom stereocenters. The van der Waals surface area contributed by atoms with Crippen molar-refractivity contribution in [3.8, 4) is 22.8 Å². The second-order valence-corrected chi connectivity index (χ2v) is 13.0. The van der Waals surface area contributed by atoms with E-state index in [9.17, 15) is 0 Å². The number of tetrazole rings is 1. The molecule has 2 aliphatic rings. The van der Waals surface area contributed by atoms with E-state index in [1.807, 2.05) is 39.1 Å². The average molecular weight is 681 g/mol. The normalized spacial score (nSPS) is 19.4. The van der Waals surface area contributed by atoms with Gasteiger partial charge < -0.3 is 24.3 Å². The van der Waals surface area contributed by atoms with Crippen molar-refractivity contribution in [1.29, 1.82) is 0 Å². The van der Waals surface area contributed by atoms with Gasteiger partial charge in [0.2, 0.25) is 5.95 Å². The van der Waals surface area contributed by atoms with Crippen molar-refractivity contribution < 1.29 is 18.9 Å². The molecular formula is C33H45ClN10O4. The minimum Gasteiger partial charge on any atom is -0.487 e. The largest absolute Gasteiger partial charge is 0.487 e. The van der Waals surface area contributed by atoms with Crippen molar-refractivity contribution in [2.75, 3.05) is 44.8 Å². The molecule has 1 aromatic carbocycles. The number of nitrogens with one attached hydrogen (secondary N) is 1. The molecule has 1 aliphatic heterocycles. The summed E-state index contributed by atoms with van der Waals surface area (Å²) >= 11 is 6.46. The zero-order valence-electron chi connectivity index (χ0n) is 27.9. The van der Waals surface area contributed by atoms with Crippen LogP contribution < -0.4 is 14.8 Å². The molecule has 4 aromatic rings. The quantitative estimate of drug-likeness (QED) is 0.165. The molecule has 6 rings (SSSR count). The highest BCUT2D eigenvalue weighted by Crippen LogP contribution is 2.35.